The van der Waals surface area contributed by atoms with Gasteiger partial charge in [-0.3, -0.25) is 14.9 Å². The Morgan fingerprint density at radius 1 is 1.24 bits per heavy atom. The number of hydrogen-bond acceptors (Lipinski definition) is 7. The van der Waals surface area contributed by atoms with E-state index in [1.54, 1.807) is 0 Å². The Morgan fingerprint density at radius 3 is 2.66 bits per heavy atom. The topological polar surface area (TPSA) is 112 Å². The van der Waals surface area contributed by atoms with Crippen LogP contribution in [0.25, 0.3) is 11.4 Å². The van der Waals surface area contributed by atoms with E-state index in [2.05, 4.69) is 15.5 Å². The Kier molecular flexibility index (Phi) is 6.45. The molecule has 0 aliphatic carbocycles. The number of carbonyl (C=O) groups excluding carboxylic acids is 1. The number of benzene rings is 2. The first kappa shape index (κ1) is 20.3. The second-order valence-electron chi connectivity index (χ2n) is 5.90. The van der Waals surface area contributed by atoms with Crippen LogP contribution in [0.3, 0.4) is 0 Å². The molecule has 150 valence electrons. The molecule has 0 aliphatic heterocycles. The first-order valence-corrected chi connectivity index (χ1v) is 9.75. The van der Waals surface area contributed by atoms with Crippen LogP contribution in [-0.4, -0.2) is 38.5 Å². The molecular formula is C19H19N5O4S. The summed E-state index contributed by atoms with van der Waals surface area (Å²) in [5.41, 5.74) is 1.06. The number of methoxy groups -OCH3 is 1. The lowest BCUT2D eigenvalue weighted by atomic mass is 10.2. The Morgan fingerprint density at radius 2 is 2.00 bits per heavy atom. The molecule has 3 aromatic rings. The van der Waals surface area contributed by atoms with Gasteiger partial charge in [-0.2, -0.15) is 0 Å². The smallest absolute Gasteiger partial charge is 0.271 e. The number of aromatic nitrogens is 3. The summed E-state index contributed by atoms with van der Waals surface area (Å²) in [4.78, 5) is 22.8. The molecule has 0 aliphatic rings. The Labute approximate surface area is 171 Å². The van der Waals surface area contributed by atoms with Gasteiger partial charge in [0.2, 0.25) is 5.91 Å². The molecule has 0 bridgehead atoms. The number of nitro benzene ring substituents is 1. The van der Waals surface area contributed by atoms with Crippen LogP contribution in [-0.2, 0) is 11.3 Å². The maximum Gasteiger partial charge on any atom is 0.271 e. The van der Waals surface area contributed by atoms with Gasteiger partial charge in [-0.1, -0.05) is 42.1 Å². The normalized spacial score (nSPS) is 10.6. The summed E-state index contributed by atoms with van der Waals surface area (Å²) in [6.07, 6.45) is 0. The average Bonchev–Trinajstić information content (AvgIpc) is 3.15. The van der Waals surface area contributed by atoms with Crippen LogP contribution in [0.2, 0.25) is 0 Å². The minimum atomic E-state index is -0.529. The van der Waals surface area contributed by atoms with Gasteiger partial charge in [0.15, 0.2) is 11.0 Å². The fraction of sp³-hybridized carbons (Fsp3) is 0.211. The molecule has 1 heterocycles. The first-order valence-electron chi connectivity index (χ1n) is 8.77. The largest absolute Gasteiger partial charge is 0.495 e. The van der Waals surface area contributed by atoms with E-state index in [4.69, 9.17) is 4.74 Å². The van der Waals surface area contributed by atoms with E-state index < -0.39 is 4.92 Å². The van der Waals surface area contributed by atoms with Crippen LogP contribution in [0.4, 0.5) is 11.4 Å². The molecule has 10 heteroatoms. The number of anilines is 1. The molecule has 0 atom stereocenters. The third-order valence-electron chi connectivity index (χ3n) is 4.07. The molecular weight excluding hydrogens is 394 g/mol. The first-order chi connectivity index (χ1) is 14.0. The van der Waals surface area contributed by atoms with Gasteiger partial charge in [0, 0.05) is 24.2 Å². The second kappa shape index (κ2) is 9.20. The number of carbonyl (C=O) groups is 1. The fourth-order valence-corrected chi connectivity index (χ4v) is 3.51. The van der Waals surface area contributed by atoms with Gasteiger partial charge >= 0.3 is 0 Å². The lowest BCUT2D eigenvalue weighted by molar-refractivity contribution is -0.384. The summed E-state index contributed by atoms with van der Waals surface area (Å²) in [5.74, 6) is 0.813. The van der Waals surface area contributed by atoms with Crippen molar-refractivity contribution in [3.05, 3.63) is 58.6 Å². The molecule has 1 N–H and O–H groups in total. The zero-order valence-electron chi connectivity index (χ0n) is 15.9. The van der Waals surface area contributed by atoms with E-state index in [1.165, 1.54) is 37.1 Å². The molecule has 1 aromatic heterocycles. The highest BCUT2D eigenvalue weighted by atomic mass is 32.2. The van der Waals surface area contributed by atoms with Crippen molar-refractivity contribution in [2.75, 3.05) is 18.2 Å². The highest BCUT2D eigenvalue weighted by Gasteiger charge is 2.17. The minimum Gasteiger partial charge on any atom is -0.495 e. The molecule has 1 amide bonds. The highest BCUT2D eigenvalue weighted by Crippen LogP contribution is 2.29. The van der Waals surface area contributed by atoms with E-state index in [0.717, 1.165) is 11.4 Å². The second-order valence-corrected chi connectivity index (χ2v) is 6.84. The summed E-state index contributed by atoms with van der Waals surface area (Å²) >= 11 is 1.24. The van der Waals surface area contributed by atoms with Crippen LogP contribution < -0.4 is 10.1 Å². The lowest BCUT2D eigenvalue weighted by Crippen LogP contribution is -2.15. The van der Waals surface area contributed by atoms with E-state index in [-0.39, 0.29) is 23.0 Å². The van der Waals surface area contributed by atoms with Crippen molar-refractivity contribution in [3.63, 3.8) is 0 Å². The number of non-ortho nitro benzene ring substituents is 1. The molecule has 2 aromatic carbocycles. The van der Waals surface area contributed by atoms with Crippen molar-refractivity contribution in [2.45, 2.75) is 18.6 Å². The molecule has 29 heavy (non-hydrogen) atoms. The number of rotatable bonds is 8. The summed E-state index contributed by atoms with van der Waals surface area (Å²) in [5, 5.41) is 22.7. The SMILES string of the molecule is CCn1c(SCC(=O)Nc2cc([N+](=O)[O-])ccc2OC)nnc1-c1ccccc1. The van der Waals surface area contributed by atoms with Crippen LogP contribution in [0.15, 0.2) is 53.7 Å². The molecule has 0 radical (unpaired) electrons. The maximum atomic E-state index is 12.4. The minimum absolute atomic E-state index is 0.0682. The fourth-order valence-electron chi connectivity index (χ4n) is 2.70. The molecule has 0 saturated carbocycles. The monoisotopic (exact) mass is 413 g/mol. The molecule has 0 saturated heterocycles. The van der Waals surface area contributed by atoms with Crippen LogP contribution in [0.5, 0.6) is 5.75 Å². The Hall–Kier alpha value is -3.40. The van der Waals surface area contributed by atoms with Gasteiger partial charge in [-0.05, 0) is 13.0 Å². The van der Waals surface area contributed by atoms with E-state index in [9.17, 15) is 14.9 Å². The predicted molar refractivity (Wildman–Crippen MR) is 110 cm³/mol. The number of nitrogens with one attached hydrogen (secondary N) is 1. The van der Waals surface area contributed by atoms with Crippen molar-refractivity contribution in [1.29, 1.82) is 0 Å². The van der Waals surface area contributed by atoms with Gasteiger partial charge in [0.05, 0.1) is 23.5 Å². The Bertz CT molecular complexity index is 1020. The average molecular weight is 413 g/mol. The quantitative estimate of drug-likeness (QED) is 0.341. The van der Waals surface area contributed by atoms with E-state index in [1.807, 2.05) is 41.8 Å². The van der Waals surface area contributed by atoms with E-state index in [0.29, 0.717) is 17.5 Å². The lowest BCUT2D eigenvalue weighted by Gasteiger charge is -2.10. The van der Waals surface area contributed by atoms with Crippen molar-refractivity contribution in [2.24, 2.45) is 0 Å². The van der Waals surface area contributed by atoms with Crippen molar-refractivity contribution >= 4 is 29.0 Å². The Balaban J connectivity index is 1.71. The number of thioether (sulfide) groups is 1. The maximum absolute atomic E-state index is 12.4. The number of hydrogen-bond donors (Lipinski definition) is 1. The highest BCUT2D eigenvalue weighted by molar-refractivity contribution is 7.99. The number of nitrogens with zero attached hydrogens (tertiary/aromatic N) is 4. The van der Waals surface area contributed by atoms with Gasteiger partial charge in [0.25, 0.3) is 5.69 Å². The van der Waals surface area contributed by atoms with Gasteiger partial charge in [-0.25, -0.2) is 0 Å². The van der Waals surface area contributed by atoms with Gasteiger partial charge in [-0.15, -0.1) is 10.2 Å². The third kappa shape index (κ3) is 4.72. The van der Waals surface area contributed by atoms with Crippen molar-refractivity contribution in [1.82, 2.24) is 14.8 Å². The molecule has 3 rings (SSSR count). The summed E-state index contributed by atoms with van der Waals surface area (Å²) in [7, 11) is 1.43. The molecule has 0 spiro atoms. The predicted octanol–water partition coefficient (Wildman–Crippen LogP) is 3.61. The van der Waals surface area contributed by atoms with Crippen LogP contribution in [0, 0.1) is 10.1 Å². The zero-order valence-corrected chi connectivity index (χ0v) is 16.7. The van der Waals surface area contributed by atoms with Gasteiger partial charge < -0.3 is 14.6 Å². The van der Waals surface area contributed by atoms with E-state index >= 15 is 0 Å². The van der Waals surface area contributed by atoms with Crippen molar-refractivity contribution in [3.8, 4) is 17.1 Å². The zero-order chi connectivity index (χ0) is 20.8. The van der Waals surface area contributed by atoms with Crippen LogP contribution >= 0.6 is 11.8 Å². The number of amides is 1. The van der Waals surface area contributed by atoms with Crippen LogP contribution in [0.1, 0.15) is 6.92 Å². The summed E-state index contributed by atoms with van der Waals surface area (Å²) < 4.78 is 7.09. The third-order valence-corrected chi connectivity index (χ3v) is 5.03. The molecule has 0 unspecified atom stereocenters. The molecule has 0 fully saturated rings. The molecule has 9 nitrogen and oxygen atoms in total. The summed E-state index contributed by atoms with van der Waals surface area (Å²) in [6, 6.07) is 13.7. The number of ether oxygens (including phenoxy) is 1. The summed E-state index contributed by atoms with van der Waals surface area (Å²) in [6.45, 7) is 2.63. The van der Waals surface area contributed by atoms with Gasteiger partial charge in [0.1, 0.15) is 5.75 Å². The standard InChI is InChI=1S/C19H19N5O4S/c1-3-23-18(13-7-5-4-6-8-13)21-22-19(23)29-12-17(25)20-15-11-14(24(26)27)9-10-16(15)28-2/h4-11H,3,12H2,1-2H3,(H,20,25). The van der Waals surface area contributed by atoms with Crippen molar-refractivity contribution < 1.29 is 14.5 Å². The number of nitro groups is 1.